The number of carbonyl (C=O) groups is 1. The Hall–Kier alpha value is -3.58. The van der Waals surface area contributed by atoms with Gasteiger partial charge in [-0.1, -0.05) is 18.2 Å². The lowest BCUT2D eigenvalue weighted by atomic mass is 10.1. The highest BCUT2D eigenvalue weighted by atomic mass is 79.9. The van der Waals surface area contributed by atoms with Crippen LogP contribution in [0.2, 0.25) is 0 Å². The van der Waals surface area contributed by atoms with Crippen LogP contribution in [0.15, 0.2) is 82.6 Å². The van der Waals surface area contributed by atoms with Crippen LogP contribution in [0.3, 0.4) is 0 Å². The Kier molecular flexibility index (Phi) is 8.35. The van der Waals surface area contributed by atoms with E-state index in [9.17, 15) is 18.3 Å². The van der Waals surface area contributed by atoms with Gasteiger partial charge in [-0.25, -0.2) is 19.1 Å². The smallest absolute Gasteiger partial charge is 0.339 e. The number of aromatic nitrogens is 2. The lowest BCUT2D eigenvalue weighted by molar-refractivity contribution is 0.0697. The van der Waals surface area contributed by atoms with Gasteiger partial charge in [0.25, 0.3) is 10.0 Å². The highest BCUT2D eigenvalue weighted by Crippen LogP contribution is 2.37. The maximum Gasteiger partial charge on any atom is 0.339 e. The van der Waals surface area contributed by atoms with Crippen molar-refractivity contribution in [3.05, 3.63) is 88.8 Å². The minimum atomic E-state index is -4.19. The summed E-state index contributed by atoms with van der Waals surface area (Å²) < 4.78 is 34.6. The van der Waals surface area contributed by atoms with Crippen molar-refractivity contribution in [1.29, 1.82) is 0 Å². The largest absolute Gasteiger partial charge is 0.497 e. The fourth-order valence-corrected chi connectivity index (χ4v) is 5.37. The van der Waals surface area contributed by atoms with Crippen LogP contribution in [0.1, 0.15) is 15.9 Å². The highest BCUT2D eigenvalue weighted by molar-refractivity contribution is 9.10. The van der Waals surface area contributed by atoms with E-state index in [0.717, 1.165) is 4.31 Å². The molecule has 0 amide bonds. The number of halogens is 1. The molecule has 0 spiro atoms. The first-order chi connectivity index (χ1) is 16.8. The molecule has 4 rings (SSSR count). The summed E-state index contributed by atoms with van der Waals surface area (Å²) in [6.07, 6.45) is 4.29. The summed E-state index contributed by atoms with van der Waals surface area (Å²) in [6, 6.07) is 14.4. The number of para-hydroxylation sites is 1. The third-order valence-corrected chi connectivity index (χ3v) is 7.40. The van der Waals surface area contributed by atoms with Gasteiger partial charge < -0.3 is 15.1 Å². The first-order valence-electron chi connectivity index (χ1n) is 9.95. The molecular formula is C23H21BrN4O6S. The molecule has 12 heteroatoms. The van der Waals surface area contributed by atoms with Crippen molar-refractivity contribution in [2.24, 2.45) is 5.90 Å². The SMILES string of the molecule is COc1ccc(S(=O)(=O)N(Cc2cccnc2)c2c(C(=O)O)cnc3c(Br)cccc23)cc1.NO. The number of nitrogens with two attached hydrogens (primary N) is 1. The van der Waals surface area contributed by atoms with Gasteiger partial charge >= 0.3 is 5.97 Å². The zero-order chi connectivity index (χ0) is 25.6. The van der Waals surface area contributed by atoms with E-state index in [1.165, 1.54) is 43.8 Å². The van der Waals surface area contributed by atoms with Gasteiger partial charge in [-0.05, 0) is 57.9 Å². The maximum atomic E-state index is 13.9. The third-order valence-electron chi connectivity index (χ3n) is 5.00. The molecule has 10 nitrogen and oxygen atoms in total. The van der Waals surface area contributed by atoms with Crippen LogP contribution in [-0.4, -0.2) is 41.8 Å². The van der Waals surface area contributed by atoms with Gasteiger partial charge in [0.05, 0.1) is 29.8 Å². The number of hydrogen-bond acceptors (Lipinski definition) is 8. The lowest BCUT2D eigenvalue weighted by Crippen LogP contribution is -2.32. The molecule has 2 aromatic carbocycles. The summed E-state index contributed by atoms with van der Waals surface area (Å²) in [6.45, 7) is -0.131. The number of sulfonamides is 1. The minimum Gasteiger partial charge on any atom is -0.497 e. The van der Waals surface area contributed by atoms with Crippen LogP contribution in [0.25, 0.3) is 10.9 Å². The summed E-state index contributed by atoms with van der Waals surface area (Å²) in [4.78, 5) is 20.5. The van der Waals surface area contributed by atoms with Crippen LogP contribution >= 0.6 is 15.9 Å². The van der Waals surface area contributed by atoms with Gasteiger partial charge in [-0.2, -0.15) is 0 Å². The first kappa shape index (κ1) is 26.0. The molecule has 182 valence electrons. The molecule has 4 aromatic rings. The second kappa shape index (κ2) is 11.2. The summed E-state index contributed by atoms with van der Waals surface area (Å²) in [5.41, 5.74) is 0.819. The summed E-state index contributed by atoms with van der Waals surface area (Å²) in [5, 5.41) is 16.8. The fourth-order valence-electron chi connectivity index (χ4n) is 3.41. The van der Waals surface area contributed by atoms with Crippen molar-refractivity contribution < 1.29 is 28.3 Å². The summed E-state index contributed by atoms with van der Waals surface area (Å²) in [5.74, 6) is 2.71. The molecular weight excluding hydrogens is 540 g/mol. The van der Waals surface area contributed by atoms with E-state index in [4.69, 9.17) is 9.94 Å². The molecule has 0 radical (unpaired) electrons. The first-order valence-corrected chi connectivity index (χ1v) is 12.2. The number of methoxy groups -OCH3 is 1. The zero-order valence-electron chi connectivity index (χ0n) is 18.4. The van der Waals surface area contributed by atoms with E-state index in [0.29, 0.717) is 26.7 Å². The molecule has 0 aliphatic carbocycles. The number of pyridine rings is 2. The number of ether oxygens (including phenoxy) is 1. The van der Waals surface area contributed by atoms with Crippen molar-refractivity contribution in [2.45, 2.75) is 11.4 Å². The predicted octanol–water partition coefficient (Wildman–Crippen LogP) is 3.83. The molecule has 2 heterocycles. The van der Waals surface area contributed by atoms with Crippen LogP contribution < -0.4 is 14.9 Å². The van der Waals surface area contributed by atoms with Gasteiger partial charge in [-0.15, -0.1) is 0 Å². The molecule has 2 aromatic heterocycles. The van der Waals surface area contributed by atoms with E-state index >= 15 is 0 Å². The van der Waals surface area contributed by atoms with Gasteiger partial charge in [0, 0.05) is 28.4 Å². The van der Waals surface area contributed by atoms with Gasteiger partial charge in [0.1, 0.15) is 11.3 Å². The molecule has 0 saturated heterocycles. The second-order valence-corrected chi connectivity index (χ2v) is 9.73. The number of benzene rings is 2. The molecule has 0 saturated carbocycles. The Morgan fingerprint density at radius 2 is 1.80 bits per heavy atom. The predicted molar refractivity (Wildman–Crippen MR) is 133 cm³/mol. The quantitative estimate of drug-likeness (QED) is 0.286. The average Bonchev–Trinajstić information content (AvgIpc) is 2.88. The Labute approximate surface area is 209 Å². The van der Waals surface area contributed by atoms with Crippen LogP contribution in [-0.2, 0) is 16.6 Å². The number of anilines is 1. The zero-order valence-corrected chi connectivity index (χ0v) is 20.8. The van der Waals surface area contributed by atoms with E-state index in [2.05, 4.69) is 31.8 Å². The van der Waals surface area contributed by atoms with Gasteiger partial charge in [0.2, 0.25) is 0 Å². The van der Waals surface area contributed by atoms with E-state index in [1.807, 2.05) is 0 Å². The molecule has 0 fully saturated rings. The monoisotopic (exact) mass is 560 g/mol. The van der Waals surface area contributed by atoms with Crippen LogP contribution in [0, 0.1) is 0 Å². The number of carboxylic acid groups (broad SMARTS) is 1. The third kappa shape index (κ3) is 5.41. The fraction of sp³-hybridized carbons (Fsp3) is 0.0870. The minimum absolute atomic E-state index is 0.0107. The van der Waals surface area contributed by atoms with Gasteiger partial charge in [-0.3, -0.25) is 14.3 Å². The molecule has 0 atom stereocenters. The standard InChI is InChI=1S/C23H18BrN3O5S.H3NO/c1-32-16-7-9-17(10-8-16)33(30,31)27(14-15-4-3-11-25-12-15)22-18-5-2-6-20(24)21(18)26-13-19(22)23(28)29;1-2/h2-13H,14H2,1H3,(H,28,29);2H,1H2. The number of nitrogens with zero attached hydrogens (tertiary/aromatic N) is 3. The number of rotatable bonds is 7. The number of carboxylic acids is 1. The van der Waals surface area contributed by atoms with Crippen molar-refractivity contribution in [2.75, 3.05) is 11.4 Å². The summed E-state index contributed by atoms with van der Waals surface area (Å²) >= 11 is 3.42. The van der Waals surface area contributed by atoms with Crippen molar-refractivity contribution in [3.63, 3.8) is 0 Å². The Morgan fingerprint density at radius 3 is 2.40 bits per heavy atom. The van der Waals surface area contributed by atoms with Crippen molar-refractivity contribution in [3.8, 4) is 5.75 Å². The van der Waals surface area contributed by atoms with Crippen molar-refractivity contribution >= 4 is 48.5 Å². The molecule has 35 heavy (non-hydrogen) atoms. The molecule has 0 aliphatic rings. The van der Waals surface area contributed by atoms with Crippen LogP contribution in [0.4, 0.5) is 5.69 Å². The Bertz CT molecular complexity index is 1430. The van der Waals surface area contributed by atoms with Crippen molar-refractivity contribution in [1.82, 2.24) is 9.97 Å². The maximum absolute atomic E-state index is 13.9. The highest BCUT2D eigenvalue weighted by Gasteiger charge is 2.31. The Morgan fingerprint density at radius 1 is 1.09 bits per heavy atom. The second-order valence-electron chi connectivity index (χ2n) is 7.01. The number of hydrogen-bond donors (Lipinski definition) is 3. The van der Waals surface area contributed by atoms with E-state index in [1.54, 1.807) is 36.5 Å². The van der Waals surface area contributed by atoms with Crippen LogP contribution in [0.5, 0.6) is 5.75 Å². The Balaban J connectivity index is 0.00000167. The molecule has 4 N–H and O–H groups in total. The molecule has 0 aliphatic heterocycles. The average molecular weight is 561 g/mol. The molecule has 0 unspecified atom stereocenters. The number of aromatic carboxylic acids is 1. The van der Waals surface area contributed by atoms with Gasteiger partial charge in [0.15, 0.2) is 0 Å². The number of fused-ring (bicyclic) bond motifs is 1. The normalized spacial score (nSPS) is 10.9. The van der Waals surface area contributed by atoms with E-state index < -0.39 is 16.0 Å². The lowest BCUT2D eigenvalue weighted by Gasteiger charge is -2.27. The topological polar surface area (TPSA) is 156 Å². The van der Waals surface area contributed by atoms with E-state index in [-0.39, 0.29) is 22.7 Å². The summed E-state index contributed by atoms with van der Waals surface area (Å²) in [7, 11) is -2.71. The molecule has 0 bridgehead atoms.